The number of aromatic nitrogens is 3. The Balaban J connectivity index is 1.51. The van der Waals surface area contributed by atoms with E-state index in [9.17, 15) is 9.59 Å². The maximum Gasteiger partial charge on any atom is 0.273 e. The molecule has 158 valence electrons. The monoisotopic (exact) mass is 447 g/mol. The van der Waals surface area contributed by atoms with Gasteiger partial charge in [0.2, 0.25) is 5.91 Å². The average molecular weight is 448 g/mol. The summed E-state index contributed by atoms with van der Waals surface area (Å²) in [5, 5.41) is 3.57. The van der Waals surface area contributed by atoms with E-state index in [4.69, 9.17) is 9.47 Å². The standard InChI is InChI=1S/C19H21N5O4S2/c1-27-13-4-3-12(9-14(13)28-2)21-15(25)10-24-11-20-17-16(18(24)26)30-19(22-17)23-5-7-29-8-6-23/h3-4,9,11H,5-8,10H2,1-2H3,(H,21,25). The predicted octanol–water partition coefficient (Wildman–Crippen LogP) is 2.06. The summed E-state index contributed by atoms with van der Waals surface area (Å²) in [6.07, 6.45) is 1.37. The van der Waals surface area contributed by atoms with Gasteiger partial charge in [-0.05, 0) is 12.1 Å². The van der Waals surface area contributed by atoms with E-state index >= 15 is 0 Å². The van der Waals surface area contributed by atoms with Gasteiger partial charge in [0.15, 0.2) is 22.3 Å². The molecule has 0 saturated carbocycles. The number of thiazole rings is 1. The fourth-order valence-electron chi connectivity index (χ4n) is 3.11. The van der Waals surface area contributed by atoms with Crippen molar-refractivity contribution in [3.8, 4) is 11.5 Å². The van der Waals surface area contributed by atoms with Gasteiger partial charge in [-0.15, -0.1) is 0 Å². The fourth-order valence-corrected chi connectivity index (χ4v) is 5.03. The second kappa shape index (κ2) is 8.92. The van der Waals surface area contributed by atoms with Crippen molar-refractivity contribution in [3.63, 3.8) is 0 Å². The first-order chi connectivity index (χ1) is 14.6. The number of carbonyl (C=O) groups is 1. The van der Waals surface area contributed by atoms with Crippen LogP contribution in [-0.4, -0.2) is 59.3 Å². The first kappa shape index (κ1) is 20.5. The lowest BCUT2D eigenvalue weighted by Gasteiger charge is -2.25. The molecule has 11 heteroatoms. The van der Waals surface area contributed by atoms with Crippen LogP contribution in [0, 0.1) is 0 Å². The molecule has 2 aromatic heterocycles. The molecule has 1 aromatic carbocycles. The lowest BCUT2D eigenvalue weighted by molar-refractivity contribution is -0.116. The number of rotatable bonds is 6. The van der Waals surface area contributed by atoms with E-state index in [2.05, 4.69) is 20.2 Å². The van der Waals surface area contributed by atoms with Crippen LogP contribution in [0.3, 0.4) is 0 Å². The van der Waals surface area contributed by atoms with Crippen molar-refractivity contribution in [3.05, 3.63) is 34.9 Å². The third-order valence-electron chi connectivity index (χ3n) is 4.64. The largest absolute Gasteiger partial charge is 0.493 e. The predicted molar refractivity (Wildman–Crippen MR) is 119 cm³/mol. The van der Waals surface area contributed by atoms with Crippen LogP contribution in [-0.2, 0) is 11.3 Å². The normalized spacial score (nSPS) is 14.0. The second-order valence-electron chi connectivity index (χ2n) is 6.54. The molecule has 4 rings (SSSR count). The lowest BCUT2D eigenvalue weighted by Crippen LogP contribution is -2.32. The van der Waals surface area contributed by atoms with Crippen LogP contribution in [0.2, 0.25) is 0 Å². The SMILES string of the molecule is COc1ccc(NC(=O)Cn2cnc3nc(N4CCSCC4)sc3c2=O)cc1OC. The number of thioether (sulfide) groups is 1. The van der Waals surface area contributed by atoms with E-state index in [-0.39, 0.29) is 18.0 Å². The first-order valence-electron chi connectivity index (χ1n) is 9.29. The lowest BCUT2D eigenvalue weighted by atomic mass is 10.2. The number of amides is 1. The minimum atomic E-state index is -0.344. The molecule has 30 heavy (non-hydrogen) atoms. The topological polar surface area (TPSA) is 98.6 Å². The summed E-state index contributed by atoms with van der Waals surface area (Å²) in [6, 6.07) is 5.06. The van der Waals surface area contributed by atoms with Crippen molar-refractivity contribution in [2.75, 3.05) is 49.0 Å². The van der Waals surface area contributed by atoms with Crippen LogP contribution in [0.4, 0.5) is 10.8 Å². The fraction of sp³-hybridized carbons (Fsp3) is 0.368. The van der Waals surface area contributed by atoms with Crippen molar-refractivity contribution in [1.82, 2.24) is 14.5 Å². The van der Waals surface area contributed by atoms with Gasteiger partial charge in [-0.25, -0.2) is 4.98 Å². The van der Waals surface area contributed by atoms with Crippen LogP contribution < -0.4 is 25.2 Å². The van der Waals surface area contributed by atoms with Gasteiger partial charge in [0.1, 0.15) is 17.6 Å². The Hall–Kier alpha value is -2.79. The Morgan fingerprint density at radius 3 is 2.70 bits per heavy atom. The molecular formula is C19H21N5O4S2. The molecule has 0 atom stereocenters. The maximum absolute atomic E-state index is 12.9. The zero-order valence-electron chi connectivity index (χ0n) is 16.6. The zero-order chi connectivity index (χ0) is 21.1. The number of nitrogens with zero attached hydrogens (tertiary/aromatic N) is 4. The summed E-state index contributed by atoms with van der Waals surface area (Å²) >= 11 is 3.24. The molecule has 0 spiro atoms. The Morgan fingerprint density at radius 2 is 1.97 bits per heavy atom. The highest BCUT2D eigenvalue weighted by atomic mass is 32.2. The first-order valence-corrected chi connectivity index (χ1v) is 11.3. The van der Waals surface area contributed by atoms with Gasteiger partial charge in [-0.1, -0.05) is 11.3 Å². The third-order valence-corrected chi connectivity index (χ3v) is 6.67. The highest BCUT2D eigenvalue weighted by molar-refractivity contribution is 7.99. The summed E-state index contributed by atoms with van der Waals surface area (Å²) in [5.74, 6) is 2.81. The Kier molecular flexibility index (Phi) is 6.09. The number of hydrogen-bond acceptors (Lipinski definition) is 9. The number of carbonyl (C=O) groups excluding carboxylic acids is 1. The highest BCUT2D eigenvalue weighted by Crippen LogP contribution is 2.30. The molecule has 3 heterocycles. The van der Waals surface area contributed by atoms with Crippen LogP contribution in [0.15, 0.2) is 29.3 Å². The van der Waals surface area contributed by atoms with E-state index < -0.39 is 0 Å². The summed E-state index contributed by atoms with van der Waals surface area (Å²) < 4.78 is 12.2. The molecular weight excluding hydrogens is 426 g/mol. The molecule has 3 aromatic rings. The molecule has 1 aliphatic heterocycles. The van der Waals surface area contributed by atoms with Gasteiger partial charge in [0.05, 0.1) is 14.2 Å². The van der Waals surface area contributed by atoms with E-state index in [0.29, 0.717) is 27.5 Å². The molecule has 0 unspecified atom stereocenters. The van der Waals surface area contributed by atoms with Crippen molar-refractivity contribution >= 4 is 50.2 Å². The minimum Gasteiger partial charge on any atom is -0.493 e. The number of nitrogens with one attached hydrogen (secondary N) is 1. The van der Waals surface area contributed by atoms with Crippen LogP contribution in [0.1, 0.15) is 0 Å². The van der Waals surface area contributed by atoms with Gasteiger partial charge in [0, 0.05) is 36.3 Å². The maximum atomic E-state index is 12.9. The molecule has 0 aliphatic carbocycles. The number of fused-ring (bicyclic) bond motifs is 1. The highest BCUT2D eigenvalue weighted by Gasteiger charge is 2.18. The molecule has 1 fully saturated rings. The van der Waals surface area contributed by atoms with Crippen molar-refractivity contribution in [2.45, 2.75) is 6.54 Å². The molecule has 0 bridgehead atoms. The van der Waals surface area contributed by atoms with Crippen molar-refractivity contribution in [1.29, 1.82) is 0 Å². The minimum absolute atomic E-state index is 0.149. The zero-order valence-corrected chi connectivity index (χ0v) is 18.2. The third kappa shape index (κ3) is 4.21. The van der Waals surface area contributed by atoms with Crippen molar-refractivity contribution in [2.24, 2.45) is 0 Å². The number of methoxy groups -OCH3 is 2. The summed E-state index contributed by atoms with van der Waals surface area (Å²) in [5.41, 5.74) is 0.704. The molecule has 1 saturated heterocycles. The van der Waals surface area contributed by atoms with Crippen LogP contribution >= 0.6 is 23.1 Å². The second-order valence-corrected chi connectivity index (χ2v) is 8.75. The van der Waals surface area contributed by atoms with Gasteiger partial charge < -0.3 is 19.7 Å². The van der Waals surface area contributed by atoms with Crippen LogP contribution in [0.5, 0.6) is 11.5 Å². The summed E-state index contributed by atoms with van der Waals surface area (Å²) in [7, 11) is 3.07. The Morgan fingerprint density at radius 1 is 1.20 bits per heavy atom. The van der Waals surface area contributed by atoms with E-state index in [1.807, 2.05) is 11.8 Å². The summed E-state index contributed by atoms with van der Waals surface area (Å²) in [4.78, 5) is 36.3. The van der Waals surface area contributed by atoms with E-state index in [0.717, 1.165) is 29.7 Å². The number of hydrogen-bond donors (Lipinski definition) is 1. The van der Waals surface area contributed by atoms with E-state index in [1.165, 1.54) is 29.3 Å². The molecule has 1 amide bonds. The molecule has 0 radical (unpaired) electrons. The van der Waals surface area contributed by atoms with Gasteiger partial charge >= 0.3 is 0 Å². The number of anilines is 2. The van der Waals surface area contributed by atoms with Crippen molar-refractivity contribution < 1.29 is 14.3 Å². The van der Waals surface area contributed by atoms with E-state index in [1.54, 1.807) is 25.3 Å². The Labute approximate surface area is 181 Å². The molecule has 1 aliphatic rings. The molecule has 9 nitrogen and oxygen atoms in total. The smallest absolute Gasteiger partial charge is 0.273 e. The quantitative estimate of drug-likeness (QED) is 0.613. The number of ether oxygens (including phenoxy) is 2. The van der Waals surface area contributed by atoms with Gasteiger partial charge in [-0.2, -0.15) is 16.7 Å². The number of benzene rings is 1. The summed E-state index contributed by atoms with van der Waals surface area (Å²) in [6.45, 7) is 1.67. The average Bonchev–Trinajstić information content (AvgIpc) is 3.21. The van der Waals surface area contributed by atoms with Crippen LogP contribution in [0.25, 0.3) is 10.3 Å². The molecule has 1 N–H and O–H groups in total. The van der Waals surface area contributed by atoms with Gasteiger partial charge in [0.25, 0.3) is 5.56 Å². The van der Waals surface area contributed by atoms with Gasteiger partial charge in [-0.3, -0.25) is 14.2 Å². The Bertz CT molecular complexity index is 1120.